The first-order chi connectivity index (χ1) is 7.42. The van der Waals surface area contributed by atoms with Gasteiger partial charge in [0.1, 0.15) is 0 Å². The number of rotatable bonds is 5. The zero-order valence-corrected chi connectivity index (χ0v) is 11.5. The van der Waals surface area contributed by atoms with Crippen molar-refractivity contribution in [3.05, 3.63) is 35.4 Å². The van der Waals surface area contributed by atoms with Crippen LogP contribution in [0.25, 0.3) is 0 Å². The smallest absolute Gasteiger partial charge is 0.0732 e. The van der Waals surface area contributed by atoms with Gasteiger partial charge in [-0.2, -0.15) is 11.8 Å². The molecule has 0 heterocycles. The minimum atomic E-state index is -0.561. The lowest BCUT2D eigenvalue weighted by molar-refractivity contribution is 0.0376. The van der Waals surface area contributed by atoms with E-state index < -0.39 is 5.60 Å². The molecule has 2 heteroatoms. The minimum absolute atomic E-state index is 0.303. The third-order valence-electron chi connectivity index (χ3n) is 2.99. The molecule has 1 aromatic rings. The van der Waals surface area contributed by atoms with Crippen LogP contribution in [0.2, 0.25) is 0 Å². The van der Waals surface area contributed by atoms with Crippen molar-refractivity contribution in [2.45, 2.75) is 39.0 Å². The first-order valence-electron chi connectivity index (χ1n) is 5.77. The average Bonchev–Trinajstić information content (AvgIpc) is 2.17. The number of hydrogen-bond acceptors (Lipinski definition) is 2. The van der Waals surface area contributed by atoms with Crippen LogP contribution in [-0.2, 0) is 5.75 Å². The van der Waals surface area contributed by atoms with E-state index in [-0.39, 0.29) is 0 Å². The van der Waals surface area contributed by atoms with E-state index in [0.29, 0.717) is 5.92 Å². The molecule has 1 aromatic carbocycles. The van der Waals surface area contributed by atoms with Gasteiger partial charge < -0.3 is 5.11 Å². The second-order valence-electron chi connectivity index (χ2n) is 4.99. The van der Waals surface area contributed by atoms with Gasteiger partial charge in [-0.15, -0.1) is 0 Å². The molecule has 1 atom stereocenters. The molecule has 1 rings (SSSR count). The van der Waals surface area contributed by atoms with Crippen molar-refractivity contribution in [1.82, 2.24) is 0 Å². The molecular formula is C14H22OS. The Kier molecular flexibility index (Phi) is 4.88. The van der Waals surface area contributed by atoms with E-state index in [1.54, 1.807) is 11.8 Å². The van der Waals surface area contributed by atoms with E-state index in [2.05, 4.69) is 45.0 Å². The molecule has 0 amide bonds. The zero-order valence-electron chi connectivity index (χ0n) is 10.7. The largest absolute Gasteiger partial charge is 0.389 e. The third kappa shape index (κ3) is 4.18. The van der Waals surface area contributed by atoms with Crippen LogP contribution in [0.1, 0.15) is 31.9 Å². The van der Waals surface area contributed by atoms with Crippen molar-refractivity contribution >= 4 is 11.8 Å². The highest BCUT2D eigenvalue weighted by Crippen LogP contribution is 2.24. The molecule has 0 fully saturated rings. The minimum Gasteiger partial charge on any atom is -0.389 e. The fourth-order valence-electron chi connectivity index (χ4n) is 1.34. The van der Waals surface area contributed by atoms with E-state index >= 15 is 0 Å². The number of thioether (sulfide) groups is 1. The van der Waals surface area contributed by atoms with Crippen LogP contribution in [0.5, 0.6) is 0 Å². The number of aliphatic hydroxyl groups is 1. The molecule has 1 N–H and O–H groups in total. The predicted molar refractivity (Wildman–Crippen MR) is 72.8 cm³/mol. The van der Waals surface area contributed by atoms with Crippen LogP contribution < -0.4 is 0 Å². The molecule has 0 aromatic heterocycles. The standard InChI is InChI=1S/C14H22OS/c1-11(2)14(4,15)10-16-9-13-7-5-6-12(3)8-13/h5-8,11,15H,9-10H2,1-4H3. The zero-order chi connectivity index (χ0) is 12.2. The van der Waals surface area contributed by atoms with Crippen LogP contribution in [-0.4, -0.2) is 16.5 Å². The van der Waals surface area contributed by atoms with Crippen molar-refractivity contribution in [3.8, 4) is 0 Å². The van der Waals surface area contributed by atoms with Gasteiger partial charge in [0.15, 0.2) is 0 Å². The molecule has 0 aliphatic heterocycles. The molecule has 16 heavy (non-hydrogen) atoms. The fraction of sp³-hybridized carbons (Fsp3) is 0.571. The van der Waals surface area contributed by atoms with Crippen LogP contribution in [0.4, 0.5) is 0 Å². The van der Waals surface area contributed by atoms with Gasteiger partial charge >= 0.3 is 0 Å². The topological polar surface area (TPSA) is 20.2 Å². The summed E-state index contributed by atoms with van der Waals surface area (Å²) in [5.41, 5.74) is 2.08. The van der Waals surface area contributed by atoms with Crippen molar-refractivity contribution < 1.29 is 5.11 Å². The maximum atomic E-state index is 10.1. The average molecular weight is 238 g/mol. The van der Waals surface area contributed by atoms with Gasteiger partial charge in [0.25, 0.3) is 0 Å². The SMILES string of the molecule is Cc1cccc(CSCC(C)(O)C(C)C)c1. The number of benzene rings is 1. The maximum absolute atomic E-state index is 10.1. The van der Waals surface area contributed by atoms with Crippen molar-refractivity contribution in [2.24, 2.45) is 5.92 Å². The van der Waals surface area contributed by atoms with Crippen molar-refractivity contribution in [2.75, 3.05) is 5.75 Å². The molecule has 1 unspecified atom stereocenters. The Morgan fingerprint density at radius 3 is 2.62 bits per heavy atom. The quantitative estimate of drug-likeness (QED) is 0.845. The Balaban J connectivity index is 2.42. The van der Waals surface area contributed by atoms with Crippen LogP contribution >= 0.6 is 11.8 Å². The summed E-state index contributed by atoms with van der Waals surface area (Å²) in [6.45, 7) is 8.15. The van der Waals surface area contributed by atoms with Gasteiger partial charge in [0.2, 0.25) is 0 Å². The summed E-state index contributed by atoms with van der Waals surface area (Å²) < 4.78 is 0. The summed E-state index contributed by atoms with van der Waals surface area (Å²) in [4.78, 5) is 0. The second kappa shape index (κ2) is 5.74. The molecular weight excluding hydrogens is 216 g/mol. The van der Waals surface area contributed by atoms with Crippen LogP contribution in [0.15, 0.2) is 24.3 Å². The van der Waals surface area contributed by atoms with Gasteiger partial charge in [-0.1, -0.05) is 43.7 Å². The maximum Gasteiger partial charge on any atom is 0.0732 e. The Bertz CT molecular complexity index is 331. The highest BCUT2D eigenvalue weighted by Gasteiger charge is 2.24. The van der Waals surface area contributed by atoms with Gasteiger partial charge in [-0.05, 0) is 25.3 Å². The first-order valence-corrected chi connectivity index (χ1v) is 6.93. The normalized spacial score (nSPS) is 15.1. The molecule has 0 spiro atoms. The van der Waals surface area contributed by atoms with Crippen LogP contribution in [0, 0.1) is 12.8 Å². The van der Waals surface area contributed by atoms with Crippen molar-refractivity contribution in [3.63, 3.8) is 0 Å². The monoisotopic (exact) mass is 238 g/mol. The van der Waals surface area contributed by atoms with E-state index in [9.17, 15) is 5.11 Å². The lowest BCUT2D eigenvalue weighted by atomic mass is 9.95. The summed E-state index contributed by atoms with van der Waals surface area (Å²) in [5, 5.41) is 10.1. The van der Waals surface area contributed by atoms with Gasteiger partial charge in [-0.25, -0.2) is 0 Å². The van der Waals surface area contributed by atoms with Crippen LogP contribution in [0.3, 0.4) is 0 Å². The van der Waals surface area contributed by atoms with E-state index in [1.807, 2.05) is 6.92 Å². The highest BCUT2D eigenvalue weighted by molar-refractivity contribution is 7.98. The summed E-state index contributed by atoms with van der Waals surface area (Å²) in [6.07, 6.45) is 0. The fourth-order valence-corrected chi connectivity index (χ4v) is 2.61. The van der Waals surface area contributed by atoms with E-state index in [1.165, 1.54) is 11.1 Å². The molecule has 0 radical (unpaired) electrons. The molecule has 90 valence electrons. The van der Waals surface area contributed by atoms with E-state index in [4.69, 9.17) is 0 Å². The number of hydrogen-bond donors (Lipinski definition) is 1. The summed E-state index contributed by atoms with van der Waals surface area (Å²) in [5.74, 6) is 2.07. The highest BCUT2D eigenvalue weighted by atomic mass is 32.2. The van der Waals surface area contributed by atoms with Gasteiger partial charge in [0, 0.05) is 11.5 Å². The first kappa shape index (κ1) is 13.6. The molecule has 0 aliphatic carbocycles. The van der Waals surface area contributed by atoms with E-state index in [0.717, 1.165) is 11.5 Å². The summed E-state index contributed by atoms with van der Waals surface area (Å²) in [7, 11) is 0. The predicted octanol–water partition coefficient (Wildman–Crippen LogP) is 3.64. The van der Waals surface area contributed by atoms with Crippen molar-refractivity contribution in [1.29, 1.82) is 0 Å². The molecule has 0 saturated carbocycles. The third-order valence-corrected chi connectivity index (χ3v) is 4.32. The molecule has 0 bridgehead atoms. The Labute approximate surface area is 103 Å². The molecule has 0 saturated heterocycles. The lowest BCUT2D eigenvalue weighted by Crippen LogP contribution is -2.33. The number of aryl methyl sites for hydroxylation is 1. The summed E-state index contributed by atoms with van der Waals surface area (Å²) in [6, 6.07) is 8.55. The Morgan fingerprint density at radius 2 is 2.06 bits per heavy atom. The Hall–Kier alpha value is -0.470. The van der Waals surface area contributed by atoms with Gasteiger partial charge in [0.05, 0.1) is 5.60 Å². The second-order valence-corrected chi connectivity index (χ2v) is 5.98. The Morgan fingerprint density at radius 1 is 1.38 bits per heavy atom. The van der Waals surface area contributed by atoms with Gasteiger partial charge in [-0.3, -0.25) is 0 Å². The lowest BCUT2D eigenvalue weighted by Gasteiger charge is -2.27. The molecule has 0 aliphatic rings. The molecule has 1 nitrogen and oxygen atoms in total. The summed E-state index contributed by atoms with van der Waals surface area (Å²) >= 11 is 1.80.